The minimum atomic E-state index is -5.44. The van der Waals surface area contributed by atoms with Gasteiger partial charge in [-0.1, -0.05) is 160 Å². The highest BCUT2D eigenvalue weighted by molar-refractivity contribution is 8.37. The van der Waals surface area contributed by atoms with Crippen molar-refractivity contribution < 1.29 is 30.6 Å². The highest BCUT2D eigenvalue weighted by Crippen LogP contribution is 2.61. The Morgan fingerprint density at radius 1 is 0.654 bits per heavy atom. The van der Waals surface area contributed by atoms with Crippen molar-refractivity contribution in [1.82, 2.24) is 4.90 Å². The summed E-state index contributed by atoms with van der Waals surface area (Å²) < 4.78 is 61.4. The molecular weight excluding hydrogens is 853 g/mol. The number of nitrogens with zero attached hydrogens (tertiary/aromatic N) is 1. The van der Waals surface area contributed by atoms with Crippen LogP contribution in [0.3, 0.4) is 0 Å². The Balaban J connectivity index is -0.000000130. The second-order valence-electron chi connectivity index (χ2n) is 19.8. The fraction of sp³-hybridized carbons (Fsp3) is 1.00. The summed E-state index contributed by atoms with van der Waals surface area (Å²) in [5, 5.41) is 7.00. The number of rotatable bonds is 12. The van der Waals surface area contributed by atoms with Gasteiger partial charge in [0.1, 0.15) is 0 Å². The molecule has 52 heavy (non-hydrogen) atoms. The van der Waals surface area contributed by atoms with E-state index < -0.39 is 70.4 Å². The van der Waals surface area contributed by atoms with E-state index in [1.165, 1.54) is 40.4 Å². The number of alkyl halides is 3. The molecule has 0 aliphatic heterocycles. The summed E-state index contributed by atoms with van der Waals surface area (Å²) in [5.41, 5.74) is -4.57. The van der Waals surface area contributed by atoms with Crippen molar-refractivity contribution in [3.63, 3.8) is 0 Å². The van der Waals surface area contributed by atoms with E-state index in [-0.39, 0.29) is 5.54 Å². The standard InChI is InChI=1S/C9H27PSi3.C8H23PSi2.C6H13F3O3SSi.C6H15N.C3H11PSi.CH4O/c1-11(2,3)10(12(4,5)6)13(7,8)9;1-8(2)11(6,7)9-10(3,4)5;1-5(2)14(3,4)12-13(10,11)6(7,8)9;1-4-7(5-2)6-3;1-5(2,3)4;1-2/h1-9H3;8-9H,1-7H3;5H,1-4H3;4-6H2,1-3H3;4H2,1-3H3;2H,1H3. The molecule has 0 amide bonds. The summed E-state index contributed by atoms with van der Waals surface area (Å²) in [7, 11) is -7.99. The molecule has 1 N–H and O–H groups in total. The van der Waals surface area contributed by atoms with Gasteiger partial charge >= 0.3 is 15.6 Å². The molecule has 0 aliphatic rings. The van der Waals surface area contributed by atoms with Crippen LogP contribution in [0.1, 0.15) is 48.5 Å². The second kappa shape index (κ2) is 27.2. The van der Waals surface area contributed by atoms with Gasteiger partial charge in [-0.15, -0.1) is 23.0 Å². The molecular formula is C33H93F3NO4P3SSi7. The molecule has 19 heteroatoms. The predicted molar refractivity (Wildman–Crippen MR) is 264 cm³/mol. The third kappa shape index (κ3) is 39.3. The highest BCUT2D eigenvalue weighted by Gasteiger charge is 2.51. The lowest BCUT2D eigenvalue weighted by Gasteiger charge is -2.47. The first-order valence-electron chi connectivity index (χ1n) is 18.8. The van der Waals surface area contributed by atoms with Crippen molar-refractivity contribution in [1.29, 1.82) is 0 Å². The van der Waals surface area contributed by atoms with Crippen LogP contribution < -0.4 is 0 Å². The van der Waals surface area contributed by atoms with Gasteiger partial charge in [-0.05, 0) is 43.8 Å². The van der Waals surface area contributed by atoms with E-state index >= 15 is 0 Å². The lowest BCUT2D eigenvalue weighted by atomic mass is 10.5. The minimum Gasteiger partial charge on any atom is -0.400 e. The molecule has 0 saturated carbocycles. The quantitative estimate of drug-likeness (QED) is 0.120. The van der Waals surface area contributed by atoms with Gasteiger partial charge < -0.3 is 13.9 Å². The fourth-order valence-electron chi connectivity index (χ4n) is 5.23. The molecule has 0 heterocycles. The molecule has 0 aromatic carbocycles. The predicted octanol–water partition coefficient (Wildman–Crippen LogP) is 14.2. The highest BCUT2D eigenvalue weighted by atomic mass is 32.2. The first-order valence-corrected chi connectivity index (χ1v) is 52.5. The van der Waals surface area contributed by atoms with Crippen molar-refractivity contribution >= 4 is 87.9 Å². The summed E-state index contributed by atoms with van der Waals surface area (Å²) in [6.45, 7) is 64.3. The number of aliphatic hydroxyl groups excluding tert-OH is 1. The minimum absolute atomic E-state index is 0.209. The van der Waals surface area contributed by atoms with Crippen LogP contribution in [-0.2, 0) is 14.0 Å². The van der Waals surface area contributed by atoms with E-state index in [2.05, 4.69) is 163 Å². The first kappa shape index (κ1) is 66.2. The zero-order valence-corrected chi connectivity index (χ0v) is 50.3. The van der Waals surface area contributed by atoms with Gasteiger partial charge in [-0.3, -0.25) is 0 Å². The van der Waals surface area contributed by atoms with Gasteiger partial charge in [-0.25, -0.2) is 0 Å². The van der Waals surface area contributed by atoms with Crippen molar-refractivity contribution in [3.8, 4) is 0 Å². The van der Waals surface area contributed by atoms with Gasteiger partial charge in [0.05, 0.1) is 46.4 Å². The summed E-state index contributed by atoms with van der Waals surface area (Å²) in [4.78, 5) is 2.38. The van der Waals surface area contributed by atoms with Crippen molar-refractivity contribution in [2.75, 3.05) is 26.7 Å². The molecule has 0 aromatic rings. The van der Waals surface area contributed by atoms with Crippen LogP contribution in [0.4, 0.5) is 13.2 Å². The molecule has 0 rings (SSSR count). The van der Waals surface area contributed by atoms with Crippen LogP contribution >= 0.6 is 23.0 Å². The second-order valence-corrected chi connectivity index (χ2v) is 90.7. The SMILES string of the molecule is CC(C)[Si](C)(C)OS(=O)(=O)C(F)(F)F.CC(C)[Si](C)(C)P[Si](C)(C)C.CCN(CC)CC.CO.C[Si](C)(C)P.C[Si](C)(C)P([Si](C)(C)C)[Si](C)(C)C. The monoisotopic (exact) mass is 945 g/mol. The van der Waals surface area contributed by atoms with Gasteiger partial charge in [0.25, 0.3) is 0 Å². The number of aliphatic hydroxyl groups is 1. The average molecular weight is 947 g/mol. The van der Waals surface area contributed by atoms with Gasteiger partial charge in [0.15, 0.2) is 0 Å². The van der Waals surface area contributed by atoms with E-state index in [1.807, 2.05) is 0 Å². The Kier molecular flexibility index (Phi) is 34.7. The molecule has 0 aliphatic carbocycles. The lowest BCUT2D eigenvalue weighted by molar-refractivity contribution is -0.0504. The Morgan fingerprint density at radius 3 is 0.981 bits per heavy atom. The van der Waals surface area contributed by atoms with E-state index in [1.54, 1.807) is 13.8 Å². The molecule has 0 bridgehead atoms. The number of hydrogen-bond acceptors (Lipinski definition) is 5. The molecule has 0 aromatic heterocycles. The third-order valence-corrected chi connectivity index (χ3v) is 88.5. The summed E-state index contributed by atoms with van der Waals surface area (Å²) in [6.07, 6.45) is 0. The van der Waals surface area contributed by atoms with E-state index in [9.17, 15) is 21.6 Å². The molecule has 324 valence electrons. The number of halogens is 3. The molecule has 0 saturated heterocycles. The van der Waals surface area contributed by atoms with Crippen LogP contribution in [-0.4, -0.2) is 105 Å². The van der Waals surface area contributed by atoms with Crippen LogP contribution in [0.25, 0.3) is 0 Å². The Labute approximate surface area is 337 Å². The van der Waals surface area contributed by atoms with Crippen LogP contribution in [0, 0.1) is 0 Å². The van der Waals surface area contributed by atoms with Gasteiger partial charge in [0.2, 0.25) is 8.32 Å². The third-order valence-electron chi connectivity index (χ3n) is 7.49. The fourth-order valence-corrected chi connectivity index (χ4v) is 116. The summed E-state index contributed by atoms with van der Waals surface area (Å²) in [6, 6.07) is 0. The van der Waals surface area contributed by atoms with Gasteiger partial charge in [0, 0.05) is 7.11 Å². The Hall–Kier alpha value is 2.43. The molecule has 0 radical (unpaired) electrons. The average Bonchev–Trinajstić information content (AvgIpc) is 2.80. The van der Waals surface area contributed by atoms with Crippen LogP contribution in [0.2, 0.25) is 135 Å². The summed E-state index contributed by atoms with van der Waals surface area (Å²) in [5.74, 6) is 0. The normalized spacial score (nSPS) is 13.7. The molecule has 5 nitrogen and oxygen atoms in total. The van der Waals surface area contributed by atoms with E-state index in [0.717, 1.165) is 12.7 Å². The zero-order valence-electron chi connectivity index (χ0n) is 39.5. The number of hydrogen-bond donors (Lipinski definition) is 1. The van der Waals surface area contributed by atoms with Crippen molar-refractivity contribution in [2.45, 2.75) is 189 Å². The largest absolute Gasteiger partial charge is 0.522 e. The Morgan fingerprint density at radius 2 is 0.904 bits per heavy atom. The van der Waals surface area contributed by atoms with Crippen molar-refractivity contribution in [2.24, 2.45) is 0 Å². The molecule has 0 fully saturated rings. The van der Waals surface area contributed by atoms with E-state index in [4.69, 9.17) is 5.11 Å². The summed E-state index contributed by atoms with van der Waals surface area (Å²) >= 11 is 0. The lowest BCUT2D eigenvalue weighted by Crippen LogP contribution is -2.43. The molecule has 2 unspecified atom stereocenters. The maximum Gasteiger partial charge on any atom is 0.522 e. The first-order chi connectivity index (χ1) is 22.3. The molecule has 0 spiro atoms. The molecule has 2 atom stereocenters. The maximum atomic E-state index is 11.9. The van der Waals surface area contributed by atoms with Crippen LogP contribution in [0.5, 0.6) is 0 Å². The smallest absolute Gasteiger partial charge is 0.400 e. The maximum absolute atomic E-state index is 11.9. The Bertz CT molecular complexity index is 960. The van der Waals surface area contributed by atoms with Crippen LogP contribution in [0.15, 0.2) is 0 Å². The topological polar surface area (TPSA) is 66.8 Å². The van der Waals surface area contributed by atoms with Crippen molar-refractivity contribution in [3.05, 3.63) is 0 Å². The van der Waals surface area contributed by atoms with Gasteiger partial charge in [-0.2, -0.15) is 21.6 Å². The van der Waals surface area contributed by atoms with E-state index in [0.29, 0.717) is 6.57 Å². The zero-order chi connectivity index (χ0) is 44.3.